The Morgan fingerprint density at radius 2 is 1.60 bits per heavy atom. The highest BCUT2D eigenvalue weighted by Crippen LogP contribution is 2.16. The van der Waals surface area contributed by atoms with Crippen molar-refractivity contribution in [2.75, 3.05) is 10.6 Å². The lowest BCUT2D eigenvalue weighted by Gasteiger charge is -2.12. The van der Waals surface area contributed by atoms with Gasteiger partial charge in [-0.05, 0) is 49.0 Å². The zero-order chi connectivity index (χ0) is 18.4. The fraction of sp³-hybridized carbons (Fsp3) is 0.211. The molecule has 6 heteroatoms. The number of aryl methyl sites for hydroxylation is 1. The number of nitrogens with one attached hydrogen (secondary N) is 3. The van der Waals surface area contributed by atoms with Crippen molar-refractivity contribution in [1.29, 1.82) is 0 Å². The molecule has 0 atom stereocenters. The highest BCUT2D eigenvalue weighted by molar-refractivity contribution is 7.80. The summed E-state index contributed by atoms with van der Waals surface area (Å²) in [4.78, 5) is 24.0. The third kappa shape index (κ3) is 5.39. The van der Waals surface area contributed by atoms with Crippen molar-refractivity contribution < 1.29 is 9.59 Å². The molecule has 0 heterocycles. The molecule has 3 N–H and O–H groups in total. The number of hydrogen-bond acceptors (Lipinski definition) is 3. The quantitative estimate of drug-likeness (QED) is 0.731. The van der Waals surface area contributed by atoms with E-state index >= 15 is 0 Å². The van der Waals surface area contributed by atoms with Crippen LogP contribution in [0, 0.1) is 12.8 Å². The maximum atomic E-state index is 12.3. The maximum absolute atomic E-state index is 12.3. The van der Waals surface area contributed by atoms with Gasteiger partial charge in [0, 0.05) is 22.9 Å². The summed E-state index contributed by atoms with van der Waals surface area (Å²) in [5.74, 6) is -0.432. The van der Waals surface area contributed by atoms with Gasteiger partial charge in [-0.2, -0.15) is 0 Å². The molecule has 0 fully saturated rings. The van der Waals surface area contributed by atoms with E-state index in [1.807, 2.05) is 32.9 Å². The summed E-state index contributed by atoms with van der Waals surface area (Å²) in [5.41, 5.74) is 2.79. The third-order valence-corrected chi connectivity index (χ3v) is 3.73. The van der Waals surface area contributed by atoms with E-state index < -0.39 is 0 Å². The van der Waals surface area contributed by atoms with Crippen molar-refractivity contribution in [2.24, 2.45) is 5.92 Å². The zero-order valence-electron chi connectivity index (χ0n) is 14.4. The molecular formula is C19H21N3O2S. The van der Waals surface area contributed by atoms with Gasteiger partial charge in [-0.25, -0.2) is 0 Å². The van der Waals surface area contributed by atoms with E-state index in [9.17, 15) is 9.59 Å². The Bertz CT molecular complexity index is 803. The lowest BCUT2D eigenvalue weighted by Crippen LogP contribution is -2.34. The summed E-state index contributed by atoms with van der Waals surface area (Å²) in [7, 11) is 0. The number of thiocarbonyl (C=S) groups is 1. The van der Waals surface area contributed by atoms with Crippen LogP contribution in [0.25, 0.3) is 0 Å². The topological polar surface area (TPSA) is 70.2 Å². The van der Waals surface area contributed by atoms with Gasteiger partial charge >= 0.3 is 0 Å². The molecule has 2 aromatic rings. The fourth-order valence-corrected chi connectivity index (χ4v) is 2.33. The van der Waals surface area contributed by atoms with Crippen LogP contribution in [-0.2, 0) is 4.79 Å². The van der Waals surface area contributed by atoms with Crippen molar-refractivity contribution >= 4 is 40.5 Å². The van der Waals surface area contributed by atoms with E-state index in [0.29, 0.717) is 16.9 Å². The van der Waals surface area contributed by atoms with Crippen LogP contribution >= 0.6 is 12.2 Å². The molecular weight excluding hydrogens is 334 g/mol. The molecule has 130 valence electrons. The van der Waals surface area contributed by atoms with E-state index in [1.165, 1.54) is 0 Å². The average molecular weight is 355 g/mol. The smallest absolute Gasteiger partial charge is 0.257 e. The standard InChI is InChI=1S/C19H21N3O2S/c1-12(2)17(23)20-14-8-6-9-15(11-14)21-19(25)22-18(24)16-10-5-4-7-13(16)3/h4-12H,1-3H3,(H,20,23)(H2,21,22,24,25). The predicted molar refractivity (Wildman–Crippen MR) is 105 cm³/mol. The third-order valence-electron chi connectivity index (χ3n) is 3.53. The van der Waals surface area contributed by atoms with Gasteiger partial charge in [0.15, 0.2) is 5.11 Å². The average Bonchev–Trinajstić information content (AvgIpc) is 2.55. The predicted octanol–water partition coefficient (Wildman–Crippen LogP) is 3.72. The molecule has 0 bridgehead atoms. The summed E-state index contributed by atoms with van der Waals surface area (Å²) in [6.45, 7) is 5.52. The molecule has 2 aromatic carbocycles. The number of anilines is 2. The van der Waals surface area contributed by atoms with Gasteiger partial charge in [0.05, 0.1) is 0 Å². The number of carbonyl (C=O) groups excluding carboxylic acids is 2. The first-order chi connectivity index (χ1) is 11.9. The second kappa shape index (κ2) is 8.39. The first-order valence-corrected chi connectivity index (χ1v) is 8.36. The van der Waals surface area contributed by atoms with Gasteiger partial charge in [-0.3, -0.25) is 14.9 Å². The van der Waals surface area contributed by atoms with Crippen LogP contribution in [0.1, 0.15) is 29.8 Å². The van der Waals surface area contributed by atoms with E-state index in [4.69, 9.17) is 12.2 Å². The molecule has 0 aliphatic heterocycles. The summed E-state index contributed by atoms with van der Waals surface area (Å²) in [5, 5.41) is 8.63. The molecule has 0 unspecified atom stereocenters. The Kier molecular flexibility index (Phi) is 6.25. The largest absolute Gasteiger partial charge is 0.332 e. The van der Waals surface area contributed by atoms with Crippen LogP contribution in [0.5, 0.6) is 0 Å². The Hall–Kier alpha value is -2.73. The van der Waals surface area contributed by atoms with E-state index in [1.54, 1.807) is 36.4 Å². The summed E-state index contributed by atoms with van der Waals surface area (Å²) in [6, 6.07) is 14.4. The van der Waals surface area contributed by atoms with Crippen LogP contribution in [0.2, 0.25) is 0 Å². The molecule has 0 spiro atoms. The van der Waals surface area contributed by atoms with Gasteiger partial charge in [0.1, 0.15) is 0 Å². The minimum Gasteiger partial charge on any atom is -0.332 e. The molecule has 0 saturated heterocycles. The molecule has 2 rings (SSSR count). The molecule has 0 saturated carbocycles. The molecule has 5 nitrogen and oxygen atoms in total. The first-order valence-electron chi connectivity index (χ1n) is 7.95. The normalized spacial score (nSPS) is 10.2. The number of benzene rings is 2. The fourth-order valence-electron chi connectivity index (χ4n) is 2.12. The molecule has 25 heavy (non-hydrogen) atoms. The molecule has 0 aromatic heterocycles. The van der Waals surface area contributed by atoms with E-state index in [2.05, 4.69) is 16.0 Å². The number of rotatable bonds is 4. The van der Waals surface area contributed by atoms with Gasteiger partial charge in [0.2, 0.25) is 5.91 Å². The van der Waals surface area contributed by atoms with Crippen molar-refractivity contribution in [3.63, 3.8) is 0 Å². The van der Waals surface area contributed by atoms with Crippen LogP contribution in [0.15, 0.2) is 48.5 Å². The molecule has 0 aliphatic rings. The monoisotopic (exact) mass is 355 g/mol. The SMILES string of the molecule is Cc1ccccc1C(=O)NC(=S)Nc1cccc(NC(=O)C(C)C)c1. The van der Waals surface area contributed by atoms with Crippen molar-refractivity contribution in [3.05, 3.63) is 59.7 Å². The first kappa shape index (κ1) is 18.6. The Labute approximate surface area is 152 Å². The second-order valence-electron chi connectivity index (χ2n) is 5.95. The van der Waals surface area contributed by atoms with Crippen molar-refractivity contribution in [1.82, 2.24) is 5.32 Å². The van der Waals surface area contributed by atoms with Crippen LogP contribution in [0.4, 0.5) is 11.4 Å². The van der Waals surface area contributed by atoms with Crippen LogP contribution < -0.4 is 16.0 Å². The van der Waals surface area contributed by atoms with Crippen LogP contribution in [-0.4, -0.2) is 16.9 Å². The minimum atomic E-state index is -0.264. The van der Waals surface area contributed by atoms with Gasteiger partial charge in [-0.1, -0.05) is 38.1 Å². The van der Waals surface area contributed by atoms with Crippen LogP contribution in [0.3, 0.4) is 0 Å². The lowest BCUT2D eigenvalue weighted by atomic mass is 10.1. The zero-order valence-corrected chi connectivity index (χ0v) is 15.2. The highest BCUT2D eigenvalue weighted by atomic mass is 32.1. The van der Waals surface area contributed by atoms with Crippen molar-refractivity contribution in [3.8, 4) is 0 Å². The highest BCUT2D eigenvalue weighted by Gasteiger charge is 2.11. The van der Waals surface area contributed by atoms with Gasteiger partial charge in [-0.15, -0.1) is 0 Å². The van der Waals surface area contributed by atoms with E-state index in [0.717, 1.165) is 5.56 Å². The maximum Gasteiger partial charge on any atom is 0.257 e. The minimum absolute atomic E-state index is 0.0624. The summed E-state index contributed by atoms with van der Waals surface area (Å²) >= 11 is 5.20. The molecule has 2 amide bonds. The Balaban J connectivity index is 2.00. The number of amides is 2. The number of carbonyl (C=O) groups is 2. The molecule has 0 radical (unpaired) electrons. The second-order valence-corrected chi connectivity index (χ2v) is 6.36. The van der Waals surface area contributed by atoms with E-state index in [-0.39, 0.29) is 22.8 Å². The Morgan fingerprint density at radius 1 is 0.960 bits per heavy atom. The lowest BCUT2D eigenvalue weighted by molar-refractivity contribution is -0.118. The number of hydrogen-bond donors (Lipinski definition) is 3. The summed E-state index contributed by atoms with van der Waals surface area (Å²) in [6.07, 6.45) is 0. The summed E-state index contributed by atoms with van der Waals surface area (Å²) < 4.78 is 0. The van der Waals surface area contributed by atoms with Gasteiger partial charge < -0.3 is 10.6 Å². The molecule has 0 aliphatic carbocycles. The van der Waals surface area contributed by atoms with Crippen molar-refractivity contribution in [2.45, 2.75) is 20.8 Å². The van der Waals surface area contributed by atoms with Gasteiger partial charge in [0.25, 0.3) is 5.91 Å². The Morgan fingerprint density at radius 3 is 2.24 bits per heavy atom.